The van der Waals surface area contributed by atoms with Crippen molar-refractivity contribution in [3.63, 3.8) is 0 Å². The van der Waals surface area contributed by atoms with E-state index in [1.54, 1.807) is 6.07 Å². The van der Waals surface area contributed by atoms with Gasteiger partial charge in [-0.1, -0.05) is 35.9 Å². The van der Waals surface area contributed by atoms with E-state index in [1.165, 1.54) is 55.5 Å². The number of para-hydroxylation sites is 1. The number of carbonyl (C=O) groups is 1. The van der Waals surface area contributed by atoms with Crippen molar-refractivity contribution in [3.8, 4) is 0 Å². The molecule has 0 fully saturated rings. The third-order valence-electron chi connectivity index (χ3n) is 4.85. The van der Waals surface area contributed by atoms with Crippen LogP contribution in [-0.4, -0.2) is 14.4 Å². The fourth-order valence-corrected chi connectivity index (χ4v) is 5.07. The van der Waals surface area contributed by atoms with E-state index in [4.69, 9.17) is 11.6 Å². The van der Waals surface area contributed by atoms with Crippen molar-refractivity contribution in [2.75, 3.05) is 9.21 Å². The minimum atomic E-state index is -4.31. The molecule has 0 saturated carbocycles. The molecule has 0 saturated heterocycles. The summed E-state index contributed by atoms with van der Waals surface area (Å²) in [4.78, 5) is 14.3. The highest BCUT2D eigenvalue weighted by Crippen LogP contribution is 2.39. The molecule has 154 valence electrons. The molecule has 0 unspecified atom stereocenters. The van der Waals surface area contributed by atoms with Crippen molar-refractivity contribution in [1.82, 2.24) is 0 Å². The number of halogens is 3. The maximum absolute atomic E-state index is 14.4. The van der Waals surface area contributed by atoms with Gasteiger partial charge in [0, 0.05) is 10.6 Å². The van der Waals surface area contributed by atoms with Crippen molar-refractivity contribution in [2.45, 2.75) is 18.4 Å². The lowest BCUT2D eigenvalue weighted by atomic mass is 10.1. The van der Waals surface area contributed by atoms with E-state index >= 15 is 0 Å². The molecule has 5 nitrogen and oxygen atoms in total. The second-order valence-corrected chi connectivity index (χ2v) is 8.90. The first-order valence-electron chi connectivity index (χ1n) is 8.86. The van der Waals surface area contributed by atoms with Gasteiger partial charge in [0.25, 0.3) is 10.0 Å². The fourth-order valence-electron chi connectivity index (χ4n) is 3.26. The SMILES string of the molecule is Cc1ccc(N2C(=O)N(Cc3c(F)cccc3Cl)c3ccccc3S2(=O)=O)cc1F. The number of urea groups is 1. The maximum atomic E-state index is 14.4. The van der Waals surface area contributed by atoms with Crippen molar-refractivity contribution >= 4 is 39.0 Å². The minimum absolute atomic E-state index is 0.0386. The number of fused-ring (bicyclic) bond motifs is 1. The van der Waals surface area contributed by atoms with Gasteiger partial charge in [0.15, 0.2) is 0 Å². The molecule has 0 radical (unpaired) electrons. The summed E-state index contributed by atoms with van der Waals surface area (Å²) in [6.45, 7) is 1.22. The number of sulfonamides is 1. The van der Waals surface area contributed by atoms with Crippen LogP contribution in [0.5, 0.6) is 0 Å². The molecule has 0 aliphatic carbocycles. The maximum Gasteiger partial charge on any atom is 0.343 e. The van der Waals surface area contributed by atoms with Crippen molar-refractivity contribution in [3.05, 3.63) is 88.4 Å². The van der Waals surface area contributed by atoms with Gasteiger partial charge in [-0.3, -0.25) is 4.90 Å². The van der Waals surface area contributed by atoms with Crippen molar-refractivity contribution < 1.29 is 22.0 Å². The fraction of sp³-hybridized carbons (Fsp3) is 0.0952. The number of rotatable bonds is 3. The van der Waals surface area contributed by atoms with Crippen LogP contribution in [0.2, 0.25) is 5.02 Å². The molecule has 0 aromatic heterocycles. The average molecular weight is 449 g/mol. The van der Waals surface area contributed by atoms with Gasteiger partial charge < -0.3 is 0 Å². The first-order chi connectivity index (χ1) is 14.2. The summed E-state index contributed by atoms with van der Waals surface area (Å²) in [6, 6.07) is 12.7. The van der Waals surface area contributed by atoms with Crippen LogP contribution in [-0.2, 0) is 16.6 Å². The zero-order chi connectivity index (χ0) is 21.6. The highest BCUT2D eigenvalue weighted by molar-refractivity contribution is 7.94. The van der Waals surface area contributed by atoms with Crippen LogP contribution in [0.25, 0.3) is 0 Å². The van der Waals surface area contributed by atoms with Crippen LogP contribution >= 0.6 is 11.6 Å². The summed E-state index contributed by atoms with van der Waals surface area (Å²) >= 11 is 6.11. The Hall–Kier alpha value is -2.97. The van der Waals surface area contributed by atoms with E-state index in [1.807, 2.05) is 0 Å². The molecular formula is C21H15ClF2N2O3S. The van der Waals surface area contributed by atoms with E-state index in [2.05, 4.69) is 0 Å². The van der Waals surface area contributed by atoms with Gasteiger partial charge in [0.1, 0.15) is 16.5 Å². The molecule has 0 atom stereocenters. The highest BCUT2D eigenvalue weighted by atomic mass is 35.5. The average Bonchev–Trinajstić information content (AvgIpc) is 2.70. The molecule has 0 bridgehead atoms. The second-order valence-electron chi connectivity index (χ2n) is 6.74. The number of nitrogens with zero attached hydrogens (tertiary/aromatic N) is 2. The summed E-state index contributed by atoms with van der Waals surface area (Å²) in [7, 11) is -4.31. The molecule has 0 N–H and O–H groups in total. The van der Waals surface area contributed by atoms with E-state index in [0.29, 0.717) is 9.87 Å². The summed E-state index contributed by atoms with van der Waals surface area (Å²) in [5.41, 5.74) is 0.278. The molecule has 2 amide bonds. The van der Waals surface area contributed by atoms with Gasteiger partial charge in [0.05, 0.1) is 17.9 Å². The molecule has 1 aliphatic rings. The lowest BCUT2D eigenvalue weighted by Gasteiger charge is -2.36. The van der Waals surface area contributed by atoms with Gasteiger partial charge in [-0.2, -0.15) is 4.31 Å². The van der Waals surface area contributed by atoms with Crippen LogP contribution in [0.4, 0.5) is 25.0 Å². The monoisotopic (exact) mass is 448 g/mol. The Kier molecular flexibility index (Phi) is 4.99. The van der Waals surface area contributed by atoms with Crippen LogP contribution < -0.4 is 9.21 Å². The number of hydrogen-bond acceptors (Lipinski definition) is 3. The zero-order valence-corrected chi connectivity index (χ0v) is 17.2. The molecule has 30 heavy (non-hydrogen) atoms. The van der Waals surface area contributed by atoms with Gasteiger partial charge in [-0.25, -0.2) is 22.0 Å². The van der Waals surface area contributed by atoms with Crippen LogP contribution in [0, 0.1) is 18.6 Å². The van der Waals surface area contributed by atoms with E-state index in [-0.39, 0.29) is 33.4 Å². The number of aryl methyl sites for hydroxylation is 1. The lowest BCUT2D eigenvalue weighted by molar-refractivity contribution is 0.253. The Morgan fingerprint density at radius 3 is 2.40 bits per heavy atom. The Labute approximate surface area is 177 Å². The third-order valence-corrected chi connectivity index (χ3v) is 6.95. The van der Waals surface area contributed by atoms with E-state index in [9.17, 15) is 22.0 Å². The largest absolute Gasteiger partial charge is 0.343 e. The molecule has 3 aromatic rings. The van der Waals surface area contributed by atoms with Gasteiger partial charge >= 0.3 is 6.03 Å². The van der Waals surface area contributed by atoms with E-state index < -0.39 is 27.7 Å². The first-order valence-corrected chi connectivity index (χ1v) is 10.7. The molecule has 3 aromatic carbocycles. The predicted octanol–water partition coefficient (Wildman–Crippen LogP) is 5.26. The second kappa shape index (κ2) is 7.37. The highest BCUT2D eigenvalue weighted by Gasteiger charge is 2.43. The topological polar surface area (TPSA) is 57.7 Å². The van der Waals surface area contributed by atoms with Gasteiger partial charge in [-0.05, 0) is 48.9 Å². The van der Waals surface area contributed by atoms with Crippen LogP contribution in [0.1, 0.15) is 11.1 Å². The number of carbonyl (C=O) groups excluding carboxylic acids is 1. The Morgan fingerprint density at radius 1 is 0.967 bits per heavy atom. The summed E-state index contributed by atoms with van der Waals surface area (Å²) in [5.74, 6) is -1.29. The molecule has 9 heteroatoms. The first kappa shape index (κ1) is 20.3. The van der Waals surface area contributed by atoms with Crippen LogP contribution in [0.15, 0.2) is 65.6 Å². The Balaban J connectivity index is 1.90. The smallest absolute Gasteiger partial charge is 0.287 e. The Bertz CT molecular complexity index is 1260. The van der Waals surface area contributed by atoms with E-state index in [0.717, 1.165) is 11.0 Å². The lowest BCUT2D eigenvalue weighted by Crippen LogP contribution is -2.50. The normalized spacial score (nSPS) is 15.3. The predicted molar refractivity (Wildman–Crippen MR) is 110 cm³/mol. The number of hydrogen-bond donors (Lipinski definition) is 0. The number of anilines is 2. The zero-order valence-electron chi connectivity index (χ0n) is 15.6. The third kappa shape index (κ3) is 3.22. The quantitative estimate of drug-likeness (QED) is 0.549. The van der Waals surface area contributed by atoms with Gasteiger partial charge in [-0.15, -0.1) is 0 Å². The minimum Gasteiger partial charge on any atom is -0.287 e. The number of amides is 2. The molecule has 0 spiro atoms. The molecule has 1 heterocycles. The summed E-state index contributed by atoms with van der Waals surface area (Å²) in [5, 5.41) is 0.0987. The van der Waals surface area contributed by atoms with Crippen molar-refractivity contribution in [1.29, 1.82) is 0 Å². The van der Waals surface area contributed by atoms with Crippen LogP contribution in [0.3, 0.4) is 0 Å². The molecule has 1 aliphatic heterocycles. The molecule has 4 rings (SSSR count). The summed E-state index contributed by atoms with van der Waals surface area (Å²) in [6.07, 6.45) is 0. The van der Waals surface area contributed by atoms with Gasteiger partial charge in [0.2, 0.25) is 0 Å². The molecular weight excluding hydrogens is 434 g/mol. The Morgan fingerprint density at radius 2 is 1.70 bits per heavy atom. The summed E-state index contributed by atoms with van der Waals surface area (Å²) < 4.78 is 55.4. The number of benzene rings is 3. The standard InChI is InChI=1S/C21H15ClF2N2O3S/c1-13-9-10-14(11-18(13)24)26-21(27)25(12-15-16(22)5-4-6-17(15)23)19-7-2-3-8-20(19)30(26,28)29/h2-11H,12H2,1H3. The van der Waals surface area contributed by atoms with Crippen molar-refractivity contribution in [2.24, 2.45) is 0 Å².